The fourth-order valence-electron chi connectivity index (χ4n) is 2.76. The Morgan fingerprint density at radius 1 is 1.38 bits per heavy atom. The summed E-state index contributed by atoms with van der Waals surface area (Å²) >= 11 is 0. The number of piperidine rings is 1. The fourth-order valence-corrected chi connectivity index (χ4v) is 2.76. The average molecular weight is 291 g/mol. The van der Waals surface area contributed by atoms with Crippen LogP contribution in [-0.2, 0) is 0 Å². The zero-order chi connectivity index (χ0) is 15.2. The number of nitrogens with one attached hydrogen (secondary N) is 1. The highest BCUT2D eigenvalue weighted by Crippen LogP contribution is 2.21. The molecule has 1 aliphatic rings. The third-order valence-electron chi connectivity index (χ3n) is 3.85. The molecular weight excluding hydrogens is 266 g/mol. The van der Waals surface area contributed by atoms with Crippen molar-refractivity contribution < 1.29 is 9.53 Å². The largest absolute Gasteiger partial charge is 0.495 e. The summed E-state index contributed by atoms with van der Waals surface area (Å²) in [5.41, 5.74) is 6.89. The second kappa shape index (κ2) is 7.31. The smallest absolute Gasteiger partial charge is 0.251 e. The van der Waals surface area contributed by atoms with Gasteiger partial charge in [-0.15, -0.1) is 0 Å². The zero-order valence-corrected chi connectivity index (χ0v) is 12.9. The van der Waals surface area contributed by atoms with Gasteiger partial charge < -0.3 is 20.7 Å². The van der Waals surface area contributed by atoms with Gasteiger partial charge in [-0.05, 0) is 51.1 Å². The van der Waals surface area contributed by atoms with Crippen LogP contribution >= 0.6 is 0 Å². The molecule has 1 aliphatic heterocycles. The number of carbonyl (C=O) groups is 1. The second-order valence-corrected chi connectivity index (χ2v) is 5.69. The molecule has 0 aromatic heterocycles. The maximum atomic E-state index is 12.2. The van der Waals surface area contributed by atoms with Crippen molar-refractivity contribution in [3.05, 3.63) is 23.8 Å². The molecular formula is C16H25N3O2. The normalized spacial score (nSPS) is 17.2. The summed E-state index contributed by atoms with van der Waals surface area (Å²) in [6, 6.07) is 5.23. The number of nitrogen functional groups attached to an aromatic ring is 1. The number of benzene rings is 1. The molecule has 0 saturated carbocycles. The monoisotopic (exact) mass is 291 g/mol. The molecule has 1 amide bonds. The molecule has 0 aliphatic carbocycles. The van der Waals surface area contributed by atoms with Crippen molar-refractivity contribution in [3.63, 3.8) is 0 Å². The first kappa shape index (κ1) is 15.6. The van der Waals surface area contributed by atoms with E-state index in [1.54, 1.807) is 25.3 Å². The van der Waals surface area contributed by atoms with Crippen LogP contribution in [0.3, 0.4) is 0 Å². The van der Waals surface area contributed by atoms with E-state index >= 15 is 0 Å². The van der Waals surface area contributed by atoms with Gasteiger partial charge in [-0.2, -0.15) is 0 Å². The number of hydrogen-bond acceptors (Lipinski definition) is 4. The van der Waals surface area contributed by atoms with Gasteiger partial charge in [0.25, 0.3) is 5.91 Å². The molecule has 21 heavy (non-hydrogen) atoms. The Hall–Kier alpha value is -1.75. The molecule has 1 aromatic rings. The number of anilines is 1. The summed E-state index contributed by atoms with van der Waals surface area (Å²) in [5, 5.41) is 3.03. The molecule has 5 nitrogen and oxygen atoms in total. The van der Waals surface area contributed by atoms with Gasteiger partial charge in [0, 0.05) is 18.2 Å². The molecule has 1 saturated heterocycles. The van der Waals surface area contributed by atoms with Gasteiger partial charge in [0.15, 0.2) is 0 Å². The van der Waals surface area contributed by atoms with Crippen molar-refractivity contribution in [2.24, 2.45) is 0 Å². The molecule has 0 radical (unpaired) electrons. The van der Waals surface area contributed by atoms with Gasteiger partial charge in [-0.3, -0.25) is 4.79 Å². The van der Waals surface area contributed by atoms with Crippen LogP contribution in [0, 0.1) is 0 Å². The first-order valence-corrected chi connectivity index (χ1v) is 7.57. The van der Waals surface area contributed by atoms with Crippen molar-refractivity contribution in [1.82, 2.24) is 10.2 Å². The number of nitrogens with two attached hydrogens (primary N) is 1. The first-order chi connectivity index (χ1) is 10.1. The quantitative estimate of drug-likeness (QED) is 0.813. The Labute approximate surface area is 126 Å². The van der Waals surface area contributed by atoms with E-state index in [2.05, 4.69) is 10.2 Å². The van der Waals surface area contributed by atoms with E-state index in [1.807, 2.05) is 6.92 Å². The van der Waals surface area contributed by atoms with E-state index in [9.17, 15) is 4.79 Å². The van der Waals surface area contributed by atoms with Crippen LogP contribution < -0.4 is 15.8 Å². The van der Waals surface area contributed by atoms with Crippen molar-refractivity contribution in [1.29, 1.82) is 0 Å². The number of carbonyl (C=O) groups excluding carboxylic acids is 1. The average Bonchev–Trinajstić information content (AvgIpc) is 2.48. The third kappa shape index (κ3) is 4.36. The number of amides is 1. The molecule has 1 atom stereocenters. The van der Waals surface area contributed by atoms with Crippen LogP contribution in [0.1, 0.15) is 36.5 Å². The van der Waals surface area contributed by atoms with Crippen LogP contribution in [0.15, 0.2) is 18.2 Å². The van der Waals surface area contributed by atoms with Crippen molar-refractivity contribution in [3.8, 4) is 5.75 Å². The van der Waals surface area contributed by atoms with E-state index in [0.29, 0.717) is 17.0 Å². The summed E-state index contributed by atoms with van der Waals surface area (Å²) in [5.74, 6) is 0.502. The predicted molar refractivity (Wildman–Crippen MR) is 84.6 cm³/mol. The topological polar surface area (TPSA) is 67.6 Å². The Kier molecular flexibility index (Phi) is 5.44. The van der Waals surface area contributed by atoms with E-state index in [4.69, 9.17) is 10.5 Å². The van der Waals surface area contributed by atoms with Gasteiger partial charge >= 0.3 is 0 Å². The SMILES string of the molecule is COc1ccc(C(=O)NC(C)CN2CCCCC2)cc1N. The number of rotatable bonds is 5. The standard InChI is InChI=1S/C16H25N3O2/c1-12(11-19-8-4-3-5-9-19)18-16(20)13-6-7-15(21-2)14(17)10-13/h6-7,10,12H,3-5,8-9,11,17H2,1-2H3,(H,18,20). The number of likely N-dealkylation sites (tertiary alicyclic amines) is 1. The Bertz CT molecular complexity index is 484. The molecule has 1 unspecified atom stereocenters. The van der Waals surface area contributed by atoms with E-state index in [0.717, 1.165) is 19.6 Å². The van der Waals surface area contributed by atoms with Gasteiger partial charge in [-0.1, -0.05) is 6.42 Å². The Morgan fingerprint density at radius 2 is 2.10 bits per heavy atom. The van der Waals surface area contributed by atoms with Crippen molar-refractivity contribution in [2.45, 2.75) is 32.2 Å². The van der Waals surface area contributed by atoms with Crippen LogP contribution in [0.5, 0.6) is 5.75 Å². The van der Waals surface area contributed by atoms with Crippen molar-refractivity contribution >= 4 is 11.6 Å². The van der Waals surface area contributed by atoms with E-state index in [1.165, 1.54) is 19.3 Å². The molecule has 1 aromatic carbocycles. The van der Waals surface area contributed by atoms with Gasteiger partial charge in [0.1, 0.15) is 5.75 Å². The summed E-state index contributed by atoms with van der Waals surface area (Å²) in [4.78, 5) is 14.6. The lowest BCUT2D eigenvalue weighted by Crippen LogP contribution is -2.43. The highest BCUT2D eigenvalue weighted by atomic mass is 16.5. The maximum Gasteiger partial charge on any atom is 0.251 e. The fraction of sp³-hybridized carbons (Fsp3) is 0.562. The summed E-state index contributed by atoms with van der Waals surface area (Å²) < 4.78 is 5.10. The van der Waals surface area contributed by atoms with E-state index < -0.39 is 0 Å². The highest BCUT2D eigenvalue weighted by Gasteiger charge is 2.16. The van der Waals surface area contributed by atoms with Gasteiger partial charge in [0.05, 0.1) is 12.8 Å². The highest BCUT2D eigenvalue weighted by molar-refractivity contribution is 5.95. The molecule has 1 fully saturated rings. The van der Waals surface area contributed by atoms with Crippen LogP contribution in [0.2, 0.25) is 0 Å². The minimum Gasteiger partial charge on any atom is -0.495 e. The number of ether oxygens (including phenoxy) is 1. The lowest BCUT2D eigenvalue weighted by molar-refractivity contribution is 0.0925. The molecule has 0 spiro atoms. The molecule has 1 heterocycles. The van der Waals surface area contributed by atoms with Crippen molar-refractivity contribution in [2.75, 3.05) is 32.5 Å². The van der Waals surface area contributed by atoms with Gasteiger partial charge in [0.2, 0.25) is 0 Å². The zero-order valence-electron chi connectivity index (χ0n) is 12.9. The molecule has 3 N–H and O–H groups in total. The van der Waals surface area contributed by atoms with Gasteiger partial charge in [-0.25, -0.2) is 0 Å². The van der Waals surface area contributed by atoms with Crippen LogP contribution in [0.4, 0.5) is 5.69 Å². The Morgan fingerprint density at radius 3 is 2.71 bits per heavy atom. The molecule has 2 rings (SSSR count). The summed E-state index contributed by atoms with van der Waals surface area (Å²) in [7, 11) is 1.56. The number of nitrogens with zero attached hydrogens (tertiary/aromatic N) is 1. The predicted octanol–water partition coefficient (Wildman–Crippen LogP) is 1.88. The Balaban J connectivity index is 1.89. The third-order valence-corrected chi connectivity index (χ3v) is 3.85. The maximum absolute atomic E-state index is 12.2. The summed E-state index contributed by atoms with van der Waals surface area (Å²) in [6.07, 6.45) is 3.84. The molecule has 0 bridgehead atoms. The minimum absolute atomic E-state index is 0.0890. The molecule has 116 valence electrons. The second-order valence-electron chi connectivity index (χ2n) is 5.69. The first-order valence-electron chi connectivity index (χ1n) is 7.57. The lowest BCUT2D eigenvalue weighted by Gasteiger charge is -2.29. The van der Waals surface area contributed by atoms with Crippen LogP contribution in [0.25, 0.3) is 0 Å². The summed E-state index contributed by atoms with van der Waals surface area (Å²) in [6.45, 7) is 5.21. The van der Waals surface area contributed by atoms with E-state index in [-0.39, 0.29) is 11.9 Å². The minimum atomic E-state index is -0.0890. The number of hydrogen-bond donors (Lipinski definition) is 2. The van der Waals surface area contributed by atoms with Crippen LogP contribution in [-0.4, -0.2) is 43.6 Å². The molecule has 5 heteroatoms. The number of methoxy groups -OCH3 is 1. The lowest BCUT2D eigenvalue weighted by atomic mass is 10.1.